The molecule has 1 amide bonds. The van der Waals surface area contributed by atoms with Gasteiger partial charge in [-0.1, -0.05) is 52.2 Å². The van der Waals surface area contributed by atoms with Gasteiger partial charge in [0.15, 0.2) is 0 Å². The van der Waals surface area contributed by atoms with Gasteiger partial charge in [0.1, 0.15) is 0 Å². The van der Waals surface area contributed by atoms with Crippen molar-refractivity contribution in [2.45, 2.75) is 118 Å². The lowest BCUT2D eigenvalue weighted by atomic mass is 9.49. The predicted octanol–water partition coefficient (Wildman–Crippen LogP) is 7.29. The topological polar surface area (TPSA) is 29.1 Å². The zero-order chi connectivity index (χ0) is 22.2. The fourth-order valence-electron chi connectivity index (χ4n) is 9.50. The van der Waals surface area contributed by atoms with Crippen LogP contribution in [0, 0.1) is 45.8 Å². The van der Waals surface area contributed by atoms with Gasteiger partial charge in [-0.3, -0.25) is 4.79 Å². The van der Waals surface area contributed by atoms with Crippen molar-refractivity contribution in [1.29, 1.82) is 0 Å². The summed E-state index contributed by atoms with van der Waals surface area (Å²) in [5, 5.41) is 3.29. The van der Waals surface area contributed by atoms with Gasteiger partial charge in [-0.05, 0) is 106 Å². The molecule has 5 aliphatic carbocycles. The van der Waals surface area contributed by atoms with Crippen LogP contribution in [0.3, 0.4) is 0 Å². The standard InChI is InChI=1S/C29H47NO/c1-7-22-11-13-23-24-12-8-19(4)28(15-14-20(5)30-26(31)18(2)3)17-29(24,28)25(21-9-10-21)16-27(22,23)6/h18-20,22-24H,7-17H2,1-6H3,(H,30,31). The molecule has 5 aliphatic rings. The zero-order valence-corrected chi connectivity index (χ0v) is 21.2. The van der Waals surface area contributed by atoms with Crippen LogP contribution in [0.1, 0.15) is 112 Å². The minimum atomic E-state index is 0.0852. The van der Waals surface area contributed by atoms with Crippen molar-refractivity contribution in [3.05, 3.63) is 11.1 Å². The minimum absolute atomic E-state index is 0.0852. The summed E-state index contributed by atoms with van der Waals surface area (Å²) in [5.41, 5.74) is 5.52. The average molecular weight is 426 g/mol. The summed E-state index contributed by atoms with van der Waals surface area (Å²) < 4.78 is 0. The summed E-state index contributed by atoms with van der Waals surface area (Å²) in [5.74, 6) is 4.01. The van der Waals surface area contributed by atoms with E-state index >= 15 is 0 Å². The third kappa shape index (κ3) is 3.05. The number of carbonyl (C=O) groups is 1. The molecular weight excluding hydrogens is 378 g/mol. The summed E-state index contributed by atoms with van der Waals surface area (Å²) in [6.45, 7) is 14.0. The van der Waals surface area contributed by atoms with Gasteiger partial charge < -0.3 is 5.32 Å². The summed E-state index contributed by atoms with van der Waals surface area (Å²) in [7, 11) is 0. The summed E-state index contributed by atoms with van der Waals surface area (Å²) >= 11 is 0. The molecule has 2 heteroatoms. The van der Waals surface area contributed by atoms with E-state index in [4.69, 9.17) is 0 Å². The number of hydrogen-bond donors (Lipinski definition) is 1. The first kappa shape index (κ1) is 22.0. The van der Waals surface area contributed by atoms with Crippen LogP contribution in [0.5, 0.6) is 0 Å². The quantitative estimate of drug-likeness (QED) is 0.445. The predicted molar refractivity (Wildman–Crippen MR) is 129 cm³/mol. The van der Waals surface area contributed by atoms with Crippen molar-refractivity contribution in [1.82, 2.24) is 5.32 Å². The van der Waals surface area contributed by atoms with Gasteiger partial charge in [0.25, 0.3) is 0 Å². The molecule has 0 aromatic heterocycles. The van der Waals surface area contributed by atoms with Crippen LogP contribution in [0.15, 0.2) is 11.1 Å². The molecule has 5 saturated carbocycles. The molecule has 0 saturated heterocycles. The number of hydrogen-bond acceptors (Lipinski definition) is 1. The maximum Gasteiger partial charge on any atom is 0.222 e. The molecular formula is C29H47NO. The van der Waals surface area contributed by atoms with Crippen molar-refractivity contribution in [3.8, 4) is 0 Å². The molecule has 1 N–H and O–H groups in total. The number of rotatable bonds is 6. The smallest absolute Gasteiger partial charge is 0.222 e. The highest BCUT2D eigenvalue weighted by Gasteiger charge is 2.78. The van der Waals surface area contributed by atoms with E-state index in [9.17, 15) is 4.79 Å². The number of fused-ring (bicyclic) bond motifs is 2. The van der Waals surface area contributed by atoms with Gasteiger partial charge in [-0.25, -0.2) is 0 Å². The van der Waals surface area contributed by atoms with Crippen molar-refractivity contribution in [2.75, 3.05) is 0 Å². The summed E-state index contributed by atoms with van der Waals surface area (Å²) in [6.07, 6.45) is 15.4. The Balaban J connectivity index is 1.42. The molecule has 8 unspecified atom stereocenters. The van der Waals surface area contributed by atoms with Crippen LogP contribution < -0.4 is 5.32 Å². The van der Waals surface area contributed by atoms with Crippen molar-refractivity contribution >= 4 is 5.91 Å². The summed E-state index contributed by atoms with van der Waals surface area (Å²) in [4.78, 5) is 12.2. The van der Waals surface area contributed by atoms with E-state index in [-0.39, 0.29) is 11.8 Å². The first-order valence-electron chi connectivity index (χ1n) is 13.7. The normalized spacial score (nSPS) is 46.3. The first-order chi connectivity index (χ1) is 14.7. The SMILES string of the molecule is CCC1CCC2C3CCC(C)C4(CCC(C)NC(=O)C(C)C)CC34C(=C3CC3)CC12C. The Morgan fingerprint density at radius 1 is 1.10 bits per heavy atom. The Labute approximate surface area is 191 Å². The lowest BCUT2D eigenvalue weighted by Gasteiger charge is -2.56. The molecule has 1 spiro atoms. The third-order valence-corrected chi connectivity index (χ3v) is 11.4. The van der Waals surface area contributed by atoms with Crippen LogP contribution in [0.25, 0.3) is 0 Å². The third-order valence-electron chi connectivity index (χ3n) is 11.4. The van der Waals surface area contributed by atoms with Crippen molar-refractivity contribution in [2.24, 2.45) is 45.8 Å². The van der Waals surface area contributed by atoms with Crippen LogP contribution in [0.2, 0.25) is 0 Å². The largest absolute Gasteiger partial charge is 0.353 e. The number of allylic oxidation sites excluding steroid dienone is 2. The van der Waals surface area contributed by atoms with Crippen LogP contribution in [0.4, 0.5) is 0 Å². The second-order valence-corrected chi connectivity index (χ2v) is 13.0. The second-order valence-electron chi connectivity index (χ2n) is 13.0. The molecule has 0 radical (unpaired) electrons. The maximum atomic E-state index is 12.2. The van der Waals surface area contributed by atoms with E-state index in [1.54, 1.807) is 0 Å². The molecule has 5 rings (SSSR count). The van der Waals surface area contributed by atoms with E-state index in [1.165, 1.54) is 64.2 Å². The van der Waals surface area contributed by atoms with E-state index in [0.717, 1.165) is 30.1 Å². The summed E-state index contributed by atoms with van der Waals surface area (Å²) in [6, 6.07) is 0.302. The number of nitrogens with one attached hydrogen (secondary N) is 1. The number of amides is 1. The lowest BCUT2D eigenvalue weighted by Crippen LogP contribution is -2.49. The molecule has 0 aliphatic heterocycles. The average Bonchev–Trinajstić information content (AvgIpc) is 3.63. The van der Waals surface area contributed by atoms with Gasteiger partial charge >= 0.3 is 0 Å². The molecule has 2 nitrogen and oxygen atoms in total. The highest BCUT2D eigenvalue weighted by atomic mass is 16.1. The van der Waals surface area contributed by atoms with Crippen molar-refractivity contribution in [3.63, 3.8) is 0 Å². The van der Waals surface area contributed by atoms with Crippen LogP contribution in [-0.2, 0) is 4.79 Å². The lowest BCUT2D eigenvalue weighted by molar-refractivity contribution is -0.124. The van der Waals surface area contributed by atoms with Gasteiger partial charge in [-0.2, -0.15) is 0 Å². The molecule has 5 fully saturated rings. The van der Waals surface area contributed by atoms with E-state index < -0.39 is 0 Å². The molecule has 0 aromatic carbocycles. The molecule has 0 heterocycles. The van der Waals surface area contributed by atoms with Crippen LogP contribution >= 0.6 is 0 Å². The Hall–Kier alpha value is -0.790. The molecule has 174 valence electrons. The van der Waals surface area contributed by atoms with E-state index in [0.29, 0.717) is 22.3 Å². The fraction of sp³-hybridized carbons (Fsp3) is 0.897. The van der Waals surface area contributed by atoms with Gasteiger partial charge in [0.05, 0.1) is 0 Å². The Morgan fingerprint density at radius 2 is 1.81 bits per heavy atom. The van der Waals surface area contributed by atoms with E-state index in [1.807, 2.05) is 25.0 Å². The van der Waals surface area contributed by atoms with Crippen LogP contribution in [-0.4, -0.2) is 11.9 Å². The zero-order valence-electron chi connectivity index (χ0n) is 21.2. The Morgan fingerprint density at radius 3 is 2.45 bits per heavy atom. The molecule has 0 bridgehead atoms. The minimum Gasteiger partial charge on any atom is -0.353 e. The first-order valence-corrected chi connectivity index (χ1v) is 13.7. The van der Waals surface area contributed by atoms with Gasteiger partial charge in [0.2, 0.25) is 5.91 Å². The fourth-order valence-corrected chi connectivity index (χ4v) is 9.50. The van der Waals surface area contributed by atoms with Gasteiger partial charge in [0, 0.05) is 17.4 Å². The highest BCUT2D eigenvalue weighted by Crippen LogP contribution is 2.86. The second kappa shape index (κ2) is 7.36. The molecule has 8 atom stereocenters. The maximum absolute atomic E-state index is 12.2. The molecule has 0 aromatic rings. The monoisotopic (exact) mass is 425 g/mol. The van der Waals surface area contributed by atoms with E-state index in [2.05, 4.69) is 33.0 Å². The Kier molecular flexibility index (Phi) is 5.23. The number of carbonyl (C=O) groups excluding carboxylic acids is 1. The highest BCUT2D eigenvalue weighted by molar-refractivity contribution is 5.78. The Bertz CT molecular complexity index is 776. The van der Waals surface area contributed by atoms with Crippen molar-refractivity contribution < 1.29 is 4.79 Å². The molecule has 31 heavy (non-hydrogen) atoms. The van der Waals surface area contributed by atoms with Gasteiger partial charge in [-0.15, -0.1) is 0 Å².